The average Bonchev–Trinajstić information content (AvgIpc) is 3.20. The summed E-state index contributed by atoms with van der Waals surface area (Å²) in [5.41, 5.74) is 0. The Morgan fingerprint density at radius 2 is 1.57 bits per heavy atom. The van der Waals surface area contributed by atoms with Crippen LogP contribution in [-0.4, -0.2) is 63.3 Å². The zero-order valence-electron chi connectivity index (χ0n) is 16.7. The highest BCUT2D eigenvalue weighted by molar-refractivity contribution is 5.89. The van der Waals surface area contributed by atoms with Gasteiger partial charge in [-0.15, -0.1) is 0 Å². The van der Waals surface area contributed by atoms with Crippen LogP contribution >= 0.6 is 0 Å². The lowest BCUT2D eigenvalue weighted by atomic mass is 10.0. The summed E-state index contributed by atoms with van der Waals surface area (Å²) in [6.07, 6.45) is 10.3. The molecule has 1 aliphatic heterocycles. The van der Waals surface area contributed by atoms with E-state index in [1.54, 1.807) is 0 Å². The van der Waals surface area contributed by atoms with Crippen molar-refractivity contribution in [2.45, 2.75) is 52.0 Å². The molecule has 1 amide bonds. The molecule has 0 unspecified atom stereocenters. The van der Waals surface area contributed by atoms with E-state index in [0.29, 0.717) is 24.6 Å². The van der Waals surface area contributed by atoms with E-state index in [1.165, 1.54) is 19.4 Å². The van der Waals surface area contributed by atoms with Gasteiger partial charge in [-0.25, -0.2) is 14.6 Å². The smallest absolute Gasteiger partial charge is 0.328 e. The van der Waals surface area contributed by atoms with Gasteiger partial charge < -0.3 is 15.1 Å². The summed E-state index contributed by atoms with van der Waals surface area (Å²) < 4.78 is 1.96. The van der Waals surface area contributed by atoms with Crippen LogP contribution < -0.4 is 5.01 Å². The highest BCUT2D eigenvalue weighted by Crippen LogP contribution is 2.17. The molecule has 0 radical (unpaired) electrons. The Balaban J connectivity index is 0.000000416. The van der Waals surface area contributed by atoms with E-state index < -0.39 is 11.9 Å². The first kappa shape index (κ1) is 23.4. The number of unbranched alkanes of at least 4 members (excludes halogenated alkanes) is 1. The molecule has 8 heteroatoms. The zero-order valence-corrected chi connectivity index (χ0v) is 16.7. The number of aliphatic carboxylic acids is 2. The van der Waals surface area contributed by atoms with Crippen molar-refractivity contribution in [2.75, 3.05) is 24.6 Å². The van der Waals surface area contributed by atoms with Gasteiger partial charge >= 0.3 is 11.9 Å². The minimum absolute atomic E-state index is 0.216. The number of carbonyl (C=O) groups excluding carboxylic acids is 1. The molecule has 0 aliphatic carbocycles. The molecule has 2 heterocycles. The summed E-state index contributed by atoms with van der Waals surface area (Å²) in [5.74, 6) is -2.30. The number of aromatic nitrogens is 1. The van der Waals surface area contributed by atoms with Gasteiger partial charge in [0.2, 0.25) is 5.91 Å². The van der Waals surface area contributed by atoms with E-state index in [2.05, 4.69) is 11.8 Å². The third-order valence-corrected chi connectivity index (χ3v) is 4.49. The number of hydrogen-bond donors (Lipinski definition) is 2. The van der Waals surface area contributed by atoms with Crippen LogP contribution in [0.1, 0.15) is 46.0 Å². The van der Waals surface area contributed by atoms with Crippen molar-refractivity contribution < 1.29 is 24.6 Å². The van der Waals surface area contributed by atoms with Gasteiger partial charge in [0, 0.05) is 44.1 Å². The number of rotatable bonds is 8. The van der Waals surface area contributed by atoms with Crippen LogP contribution in [-0.2, 0) is 14.4 Å². The third kappa shape index (κ3) is 8.39. The molecule has 156 valence electrons. The van der Waals surface area contributed by atoms with Crippen molar-refractivity contribution >= 4 is 17.8 Å². The molecule has 1 aromatic rings. The van der Waals surface area contributed by atoms with Gasteiger partial charge in [0.15, 0.2) is 0 Å². The van der Waals surface area contributed by atoms with Crippen LogP contribution in [0.3, 0.4) is 0 Å². The summed E-state index contributed by atoms with van der Waals surface area (Å²) in [6.45, 7) is 7.60. The predicted octanol–water partition coefficient (Wildman–Crippen LogP) is 2.34. The minimum Gasteiger partial charge on any atom is -0.478 e. The first-order valence-corrected chi connectivity index (χ1v) is 9.70. The molecular formula is C20H31N3O5. The van der Waals surface area contributed by atoms with Gasteiger partial charge in [0.1, 0.15) is 0 Å². The standard InChI is InChI=1S/C16H27N3O.C4H4O4/c1-3-5-10-17-13-8-15(9-14-17)19(16(20)4-2)18-11-6-7-12-18;5-3(6)1-2-4(7)8/h6-7,11-12,15H,3-5,8-10,13-14H2,1-2H3;1-2H,(H,5,6)(H,7,8)/b;2-1-. The number of carboxylic acids is 2. The predicted molar refractivity (Wildman–Crippen MR) is 107 cm³/mol. The van der Waals surface area contributed by atoms with E-state index in [9.17, 15) is 14.4 Å². The van der Waals surface area contributed by atoms with Crippen molar-refractivity contribution in [1.82, 2.24) is 9.58 Å². The lowest BCUT2D eigenvalue weighted by Gasteiger charge is -2.38. The Morgan fingerprint density at radius 3 is 2.00 bits per heavy atom. The van der Waals surface area contributed by atoms with Gasteiger partial charge in [-0.2, -0.15) is 0 Å². The Bertz CT molecular complexity index is 618. The lowest BCUT2D eigenvalue weighted by molar-refractivity contribution is -0.134. The number of hydrogen-bond acceptors (Lipinski definition) is 4. The number of carbonyl (C=O) groups is 3. The monoisotopic (exact) mass is 393 g/mol. The maximum Gasteiger partial charge on any atom is 0.328 e. The van der Waals surface area contributed by atoms with Crippen LogP contribution in [0.2, 0.25) is 0 Å². The largest absolute Gasteiger partial charge is 0.478 e. The van der Waals surface area contributed by atoms with E-state index in [4.69, 9.17) is 10.2 Å². The normalized spacial score (nSPS) is 15.1. The summed E-state index contributed by atoms with van der Waals surface area (Å²) >= 11 is 0. The van der Waals surface area contributed by atoms with Crippen LogP contribution in [0.25, 0.3) is 0 Å². The summed E-state index contributed by atoms with van der Waals surface area (Å²) in [6, 6.07) is 4.30. The van der Waals surface area contributed by atoms with Crippen LogP contribution in [0.4, 0.5) is 0 Å². The zero-order chi connectivity index (χ0) is 20.9. The molecule has 1 fully saturated rings. The molecule has 1 aliphatic rings. The van der Waals surface area contributed by atoms with Crippen molar-refractivity contribution in [3.63, 3.8) is 0 Å². The molecule has 0 saturated carbocycles. The summed E-state index contributed by atoms with van der Waals surface area (Å²) in [7, 11) is 0. The van der Waals surface area contributed by atoms with E-state index >= 15 is 0 Å². The first-order valence-electron chi connectivity index (χ1n) is 9.70. The number of amides is 1. The second-order valence-corrected chi connectivity index (χ2v) is 6.59. The number of piperidine rings is 1. The van der Waals surface area contributed by atoms with Crippen molar-refractivity contribution in [1.29, 1.82) is 0 Å². The van der Waals surface area contributed by atoms with Crippen molar-refractivity contribution in [3.05, 3.63) is 36.7 Å². The molecule has 8 nitrogen and oxygen atoms in total. The van der Waals surface area contributed by atoms with E-state index in [0.717, 1.165) is 25.9 Å². The Hall–Kier alpha value is -2.61. The van der Waals surface area contributed by atoms with Gasteiger partial charge in [0.25, 0.3) is 0 Å². The van der Waals surface area contributed by atoms with Gasteiger partial charge in [-0.05, 0) is 37.9 Å². The second-order valence-electron chi connectivity index (χ2n) is 6.59. The minimum atomic E-state index is -1.26. The van der Waals surface area contributed by atoms with Gasteiger partial charge in [-0.1, -0.05) is 20.3 Å². The third-order valence-electron chi connectivity index (χ3n) is 4.49. The molecule has 0 atom stereocenters. The molecular weight excluding hydrogens is 362 g/mol. The van der Waals surface area contributed by atoms with Crippen LogP contribution in [0.5, 0.6) is 0 Å². The second kappa shape index (κ2) is 12.7. The first-order chi connectivity index (χ1) is 13.4. The fraction of sp³-hybridized carbons (Fsp3) is 0.550. The molecule has 2 N–H and O–H groups in total. The van der Waals surface area contributed by atoms with Crippen LogP contribution in [0.15, 0.2) is 36.7 Å². The van der Waals surface area contributed by atoms with E-state index in [-0.39, 0.29) is 5.91 Å². The number of likely N-dealkylation sites (tertiary alicyclic amines) is 1. The SMILES string of the molecule is CCCCN1CCC(N(C(=O)CC)n2cccc2)CC1.O=C(O)/C=C\C(=O)O. The molecule has 1 saturated heterocycles. The topological polar surface area (TPSA) is 103 Å². The lowest BCUT2D eigenvalue weighted by Crippen LogP contribution is -2.52. The average molecular weight is 393 g/mol. The highest BCUT2D eigenvalue weighted by atomic mass is 16.4. The van der Waals surface area contributed by atoms with Crippen molar-refractivity contribution in [3.8, 4) is 0 Å². The maximum atomic E-state index is 12.3. The molecule has 28 heavy (non-hydrogen) atoms. The molecule has 0 aromatic carbocycles. The fourth-order valence-corrected chi connectivity index (χ4v) is 3.06. The summed E-state index contributed by atoms with van der Waals surface area (Å²) in [5, 5.41) is 17.6. The Labute approximate surface area is 166 Å². The van der Waals surface area contributed by atoms with Gasteiger partial charge in [0.05, 0.1) is 6.04 Å². The van der Waals surface area contributed by atoms with Crippen molar-refractivity contribution in [2.24, 2.45) is 0 Å². The number of nitrogens with zero attached hydrogens (tertiary/aromatic N) is 3. The fourth-order valence-electron chi connectivity index (χ4n) is 3.06. The Morgan fingerprint density at radius 1 is 1.04 bits per heavy atom. The molecule has 0 spiro atoms. The maximum absolute atomic E-state index is 12.3. The van der Waals surface area contributed by atoms with E-state index in [1.807, 2.05) is 41.1 Å². The molecule has 2 rings (SSSR count). The van der Waals surface area contributed by atoms with Gasteiger partial charge in [-0.3, -0.25) is 9.47 Å². The quantitative estimate of drug-likeness (QED) is 0.657. The number of carboxylic acid groups (broad SMARTS) is 2. The summed E-state index contributed by atoms with van der Waals surface area (Å²) in [4.78, 5) is 33.9. The Kier molecular flexibility index (Phi) is 10.6. The molecule has 1 aromatic heterocycles. The van der Waals surface area contributed by atoms with Crippen LogP contribution in [0, 0.1) is 0 Å². The highest BCUT2D eigenvalue weighted by Gasteiger charge is 2.27. The molecule has 0 bridgehead atoms.